The van der Waals surface area contributed by atoms with Crippen molar-refractivity contribution in [3.63, 3.8) is 0 Å². The van der Waals surface area contributed by atoms with Crippen molar-refractivity contribution in [3.8, 4) is 0 Å². The van der Waals surface area contributed by atoms with Crippen molar-refractivity contribution >= 4 is 0 Å². The van der Waals surface area contributed by atoms with Crippen LogP contribution < -0.4 is 0 Å². The molecule has 0 aliphatic heterocycles. The Morgan fingerprint density at radius 2 is 1.12 bits per heavy atom. The first kappa shape index (κ1) is 36.0. The molecule has 0 amide bonds. The first-order chi connectivity index (χ1) is 6.26. The summed E-state index contributed by atoms with van der Waals surface area (Å²) in [5.74, 6) is 1.34. The van der Waals surface area contributed by atoms with E-state index in [9.17, 15) is 13.2 Å². The van der Waals surface area contributed by atoms with Crippen LogP contribution in [0.5, 0.6) is 0 Å². The van der Waals surface area contributed by atoms with Gasteiger partial charge < -0.3 is 5.92 Å². The SMILES string of the molecule is C.C.CCF.CC[C-](CC)CCF.CF.[Y]. The third-order valence-corrected chi connectivity index (χ3v) is 1.45. The molecule has 0 nitrogen and oxygen atoms in total. The van der Waals surface area contributed by atoms with Crippen LogP contribution in [0.3, 0.4) is 0 Å². The molecule has 0 saturated carbocycles. The van der Waals surface area contributed by atoms with Gasteiger partial charge in [0.25, 0.3) is 0 Å². The molecule has 0 aliphatic carbocycles. The summed E-state index contributed by atoms with van der Waals surface area (Å²) in [4.78, 5) is 0. The van der Waals surface area contributed by atoms with Gasteiger partial charge in [-0.2, -0.15) is 12.8 Å². The minimum absolute atomic E-state index is 0. The Hall–Kier alpha value is 0.894. The van der Waals surface area contributed by atoms with Crippen molar-refractivity contribution in [2.45, 2.75) is 54.9 Å². The van der Waals surface area contributed by atoms with Gasteiger partial charge in [-0.3, -0.25) is 13.2 Å². The predicted octanol–water partition coefficient (Wildman–Crippen LogP) is 5.57. The molecule has 0 unspecified atom stereocenters. The van der Waals surface area contributed by atoms with E-state index in [0.717, 1.165) is 12.8 Å². The standard InChI is InChI=1S/C7H14F.C2H5F.CH3F.2CH4.Y/c1-3-7(4-2)5-6-8;1-2-3;1-2;;;/h3-6H2,1-2H3;2H2,1H3;1H3;2*1H4;/q-1;;;;;. The fourth-order valence-electron chi connectivity index (χ4n) is 0.737. The van der Waals surface area contributed by atoms with Crippen LogP contribution in [0, 0.1) is 5.92 Å². The summed E-state index contributed by atoms with van der Waals surface area (Å²) in [6.07, 6.45) is 2.76. The van der Waals surface area contributed by atoms with E-state index in [0.29, 0.717) is 13.6 Å². The third-order valence-electron chi connectivity index (χ3n) is 1.45. The molecule has 0 aliphatic rings. The molecular formula is C12H30F3Y-. The van der Waals surface area contributed by atoms with Crippen LogP contribution in [0.15, 0.2) is 0 Å². The molecular weight excluding hydrogens is 290 g/mol. The van der Waals surface area contributed by atoms with Crippen LogP contribution in [0.2, 0.25) is 0 Å². The van der Waals surface area contributed by atoms with Gasteiger partial charge in [-0.25, -0.2) is 0 Å². The Morgan fingerprint density at radius 1 is 0.875 bits per heavy atom. The summed E-state index contributed by atoms with van der Waals surface area (Å²) >= 11 is 0. The second-order valence-electron chi connectivity index (χ2n) is 2.16. The van der Waals surface area contributed by atoms with Crippen molar-refractivity contribution in [1.82, 2.24) is 0 Å². The van der Waals surface area contributed by atoms with Gasteiger partial charge in [-0.15, -0.1) is 6.42 Å². The molecule has 1 radical (unpaired) electrons. The fraction of sp³-hybridized carbons (Fsp3) is 0.917. The minimum atomic E-state index is -0.250. The molecule has 0 spiro atoms. The smallest absolute Gasteiger partial charge is 0.0866 e. The van der Waals surface area contributed by atoms with Gasteiger partial charge >= 0.3 is 0 Å². The van der Waals surface area contributed by atoms with Crippen molar-refractivity contribution in [2.24, 2.45) is 0 Å². The molecule has 0 bridgehead atoms. The number of alkyl halides is 3. The summed E-state index contributed by atoms with van der Waals surface area (Å²) in [6, 6.07) is 0. The van der Waals surface area contributed by atoms with Gasteiger partial charge in [0, 0.05) is 32.7 Å². The summed E-state index contributed by atoms with van der Waals surface area (Å²) in [7, 11) is 0.500. The van der Waals surface area contributed by atoms with Gasteiger partial charge in [0.05, 0.1) is 20.5 Å². The topological polar surface area (TPSA) is 0 Å². The van der Waals surface area contributed by atoms with Gasteiger partial charge in [0.15, 0.2) is 0 Å². The maximum absolute atomic E-state index is 11.6. The number of hydrogen-bond acceptors (Lipinski definition) is 0. The van der Waals surface area contributed by atoms with Crippen molar-refractivity contribution in [1.29, 1.82) is 0 Å². The van der Waals surface area contributed by atoms with Crippen LogP contribution >= 0.6 is 0 Å². The molecule has 103 valence electrons. The summed E-state index contributed by atoms with van der Waals surface area (Å²) in [5, 5.41) is 0. The second kappa shape index (κ2) is 44.6. The Balaban J connectivity index is -0.0000000275. The van der Waals surface area contributed by atoms with Crippen molar-refractivity contribution < 1.29 is 45.9 Å². The fourth-order valence-corrected chi connectivity index (χ4v) is 0.737. The monoisotopic (exact) mass is 320 g/mol. The van der Waals surface area contributed by atoms with E-state index in [2.05, 4.69) is 13.8 Å². The molecule has 4 heteroatoms. The Bertz CT molecular complexity index is 60.2. The molecule has 0 atom stereocenters. The molecule has 0 saturated heterocycles. The zero-order valence-corrected chi connectivity index (χ0v) is 12.6. The van der Waals surface area contributed by atoms with E-state index in [-0.39, 0.29) is 60.9 Å². The van der Waals surface area contributed by atoms with E-state index in [4.69, 9.17) is 0 Å². The maximum Gasteiger partial charge on any atom is 0.0866 e. The number of rotatable bonds is 4. The van der Waals surface area contributed by atoms with Gasteiger partial charge in [0.2, 0.25) is 0 Å². The van der Waals surface area contributed by atoms with Gasteiger partial charge in [-0.05, 0) is 6.92 Å². The van der Waals surface area contributed by atoms with Gasteiger partial charge in [-0.1, -0.05) is 28.7 Å². The zero-order chi connectivity index (χ0) is 11.1. The second-order valence-corrected chi connectivity index (χ2v) is 2.16. The minimum Gasteiger partial charge on any atom is -0.312 e. The molecule has 0 N–H and O–H groups in total. The van der Waals surface area contributed by atoms with E-state index in [1.54, 1.807) is 0 Å². The van der Waals surface area contributed by atoms with Crippen LogP contribution in [0.4, 0.5) is 13.2 Å². The number of halogens is 3. The van der Waals surface area contributed by atoms with Crippen molar-refractivity contribution in [2.75, 3.05) is 20.5 Å². The first-order valence-electron chi connectivity index (χ1n) is 4.59. The summed E-state index contributed by atoms with van der Waals surface area (Å²) in [6.45, 7) is 5.18. The van der Waals surface area contributed by atoms with Crippen LogP contribution in [0.1, 0.15) is 54.9 Å². The van der Waals surface area contributed by atoms with Crippen LogP contribution in [-0.4, -0.2) is 20.5 Å². The molecule has 0 aromatic heterocycles. The third kappa shape index (κ3) is 46.1. The molecule has 0 heterocycles. The van der Waals surface area contributed by atoms with Crippen LogP contribution in [0.25, 0.3) is 0 Å². The van der Waals surface area contributed by atoms with E-state index in [1.807, 2.05) is 0 Å². The average Bonchev–Trinajstić information content (AvgIpc) is 2.18. The summed E-state index contributed by atoms with van der Waals surface area (Å²) in [5.41, 5.74) is 0. The predicted molar refractivity (Wildman–Crippen MR) is 66.6 cm³/mol. The zero-order valence-electron chi connectivity index (χ0n) is 9.75. The van der Waals surface area contributed by atoms with Gasteiger partial charge in [0.1, 0.15) is 0 Å². The Labute approximate surface area is 127 Å². The Kier molecular flexibility index (Phi) is 100. The average molecular weight is 320 g/mol. The number of hydrogen-bond donors (Lipinski definition) is 0. The first-order valence-corrected chi connectivity index (χ1v) is 4.59. The quantitative estimate of drug-likeness (QED) is 0.594. The Morgan fingerprint density at radius 3 is 1.19 bits per heavy atom. The molecule has 16 heavy (non-hydrogen) atoms. The largest absolute Gasteiger partial charge is 0.312 e. The van der Waals surface area contributed by atoms with E-state index < -0.39 is 0 Å². The summed E-state index contributed by atoms with van der Waals surface area (Å²) < 4.78 is 31.4. The molecule has 0 fully saturated rings. The van der Waals surface area contributed by atoms with Crippen molar-refractivity contribution in [3.05, 3.63) is 5.92 Å². The maximum atomic E-state index is 11.6. The van der Waals surface area contributed by atoms with E-state index in [1.165, 1.54) is 12.8 Å². The normalized spacial score (nSPS) is 6.75. The van der Waals surface area contributed by atoms with E-state index >= 15 is 0 Å². The van der Waals surface area contributed by atoms with Crippen LogP contribution in [-0.2, 0) is 32.7 Å². The molecule has 0 aromatic rings. The molecule has 0 aromatic carbocycles. The molecule has 0 rings (SSSR count).